The van der Waals surface area contributed by atoms with Crippen molar-refractivity contribution in [1.82, 2.24) is 0 Å². The fourth-order valence-corrected chi connectivity index (χ4v) is 3.72. The molecule has 0 atom stereocenters. The molecule has 0 radical (unpaired) electrons. The zero-order valence-corrected chi connectivity index (χ0v) is 16.6. The number of hydrogen-bond donors (Lipinski definition) is 2. The second kappa shape index (κ2) is 8.37. The highest BCUT2D eigenvalue weighted by Crippen LogP contribution is 2.17. The zero-order valence-electron chi connectivity index (χ0n) is 14.2. The van der Waals surface area contributed by atoms with E-state index in [-0.39, 0.29) is 16.7 Å². The van der Waals surface area contributed by atoms with Gasteiger partial charge in [-0.25, -0.2) is 8.42 Å². The van der Waals surface area contributed by atoms with Crippen LogP contribution in [-0.4, -0.2) is 20.2 Å². The van der Waals surface area contributed by atoms with Crippen molar-refractivity contribution in [3.8, 4) is 0 Å². The van der Waals surface area contributed by atoms with Crippen LogP contribution >= 0.6 is 15.9 Å². The molecule has 3 rings (SSSR count). The largest absolute Gasteiger partial charge is 0.371 e. The summed E-state index contributed by atoms with van der Waals surface area (Å²) >= 11 is 3.35. The molecule has 3 aromatic carbocycles. The first kappa shape index (κ1) is 19.1. The highest BCUT2D eigenvalue weighted by molar-refractivity contribution is 9.10. The van der Waals surface area contributed by atoms with Crippen molar-refractivity contribution in [2.75, 3.05) is 16.5 Å². The van der Waals surface area contributed by atoms with Crippen LogP contribution in [0.1, 0.15) is 10.4 Å². The van der Waals surface area contributed by atoms with Gasteiger partial charge in [0.15, 0.2) is 9.84 Å². The van der Waals surface area contributed by atoms with E-state index in [1.807, 2.05) is 12.1 Å². The minimum absolute atomic E-state index is 0.221. The summed E-state index contributed by atoms with van der Waals surface area (Å²) in [4.78, 5) is 12.5. The summed E-state index contributed by atoms with van der Waals surface area (Å²) in [5, 5.41) is 5.69. The van der Waals surface area contributed by atoms with Crippen molar-refractivity contribution in [1.29, 1.82) is 0 Å². The van der Waals surface area contributed by atoms with Gasteiger partial charge in [-0.05, 0) is 60.7 Å². The Morgan fingerprint density at radius 1 is 0.815 bits per heavy atom. The molecule has 0 saturated carbocycles. The van der Waals surface area contributed by atoms with Crippen molar-refractivity contribution in [2.24, 2.45) is 0 Å². The maximum atomic E-state index is 12.3. The van der Waals surface area contributed by atoms with Crippen LogP contribution in [0.5, 0.6) is 0 Å². The average molecular weight is 445 g/mol. The first-order chi connectivity index (χ1) is 12.9. The number of carbonyl (C=O) groups is 1. The summed E-state index contributed by atoms with van der Waals surface area (Å²) in [5.74, 6) is -0.456. The Hall–Kier alpha value is -2.64. The molecule has 1 amide bonds. The summed E-state index contributed by atoms with van der Waals surface area (Å²) in [6.45, 7) is 0. The zero-order chi connectivity index (χ0) is 19.3. The Balaban J connectivity index is 1.61. The van der Waals surface area contributed by atoms with Crippen LogP contribution in [0.3, 0.4) is 0 Å². The Labute approximate surface area is 166 Å². The molecular formula is C20H17BrN2O3S. The highest BCUT2D eigenvalue weighted by Gasteiger charge is 2.13. The van der Waals surface area contributed by atoms with Crippen molar-refractivity contribution in [3.63, 3.8) is 0 Å². The van der Waals surface area contributed by atoms with Gasteiger partial charge in [-0.2, -0.15) is 0 Å². The van der Waals surface area contributed by atoms with E-state index in [0.29, 0.717) is 16.9 Å². The molecule has 7 heteroatoms. The molecule has 5 nitrogen and oxygen atoms in total. The van der Waals surface area contributed by atoms with E-state index >= 15 is 0 Å². The second-order valence-electron chi connectivity index (χ2n) is 5.79. The second-order valence-corrected chi connectivity index (χ2v) is 8.69. The van der Waals surface area contributed by atoms with Crippen LogP contribution in [0.4, 0.5) is 11.4 Å². The number of nitrogens with one attached hydrogen (secondary N) is 2. The monoisotopic (exact) mass is 444 g/mol. The number of amides is 1. The molecule has 0 aromatic heterocycles. The Morgan fingerprint density at radius 3 is 2.04 bits per heavy atom. The fourth-order valence-electron chi connectivity index (χ4n) is 2.37. The summed E-state index contributed by atoms with van der Waals surface area (Å²) in [5.41, 5.74) is 1.79. The molecular weight excluding hydrogens is 428 g/mol. The fraction of sp³-hybridized carbons (Fsp3) is 0.0500. The van der Waals surface area contributed by atoms with Crippen LogP contribution in [0.25, 0.3) is 0 Å². The lowest BCUT2D eigenvalue weighted by Crippen LogP contribution is -2.15. The average Bonchev–Trinajstić information content (AvgIpc) is 2.69. The summed E-state index contributed by atoms with van der Waals surface area (Å²) in [6, 6.07) is 22.2. The van der Waals surface area contributed by atoms with E-state index in [0.717, 1.165) is 4.47 Å². The minimum Gasteiger partial charge on any atom is -0.371 e. The van der Waals surface area contributed by atoms with E-state index in [1.54, 1.807) is 66.7 Å². The molecule has 0 aliphatic carbocycles. The third-order valence-electron chi connectivity index (χ3n) is 3.82. The number of benzene rings is 3. The van der Waals surface area contributed by atoms with Gasteiger partial charge in [0.25, 0.3) is 5.91 Å². The number of sulfone groups is 1. The Kier molecular flexibility index (Phi) is 5.93. The first-order valence-electron chi connectivity index (χ1n) is 8.13. The van der Waals surface area contributed by atoms with Gasteiger partial charge in [-0.1, -0.05) is 34.1 Å². The summed E-state index contributed by atoms with van der Waals surface area (Å²) in [6.07, 6.45) is 0. The molecule has 0 aliphatic heterocycles. The van der Waals surface area contributed by atoms with Crippen molar-refractivity contribution < 1.29 is 13.2 Å². The quantitative estimate of drug-likeness (QED) is 0.584. The van der Waals surface area contributed by atoms with Gasteiger partial charge in [0.1, 0.15) is 5.88 Å². The van der Waals surface area contributed by atoms with Crippen LogP contribution in [-0.2, 0) is 9.84 Å². The van der Waals surface area contributed by atoms with E-state index in [9.17, 15) is 13.2 Å². The number of halogens is 1. The molecule has 2 N–H and O–H groups in total. The summed E-state index contributed by atoms with van der Waals surface area (Å²) < 4.78 is 25.5. The van der Waals surface area contributed by atoms with Gasteiger partial charge in [-0.15, -0.1) is 0 Å². The highest BCUT2D eigenvalue weighted by atomic mass is 79.9. The van der Waals surface area contributed by atoms with Crippen LogP contribution in [0.15, 0.2) is 88.2 Å². The maximum Gasteiger partial charge on any atom is 0.255 e. The van der Waals surface area contributed by atoms with Crippen LogP contribution in [0, 0.1) is 0 Å². The van der Waals surface area contributed by atoms with Crippen molar-refractivity contribution >= 4 is 43.0 Å². The van der Waals surface area contributed by atoms with Gasteiger partial charge in [0, 0.05) is 21.4 Å². The molecule has 0 aliphatic rings. The summed E-state index contributed by atoms with van der Waals surface area (Å²) in [7, 11) is -3.42. The third kappa shape index (κ3) is 5.18. The van der Waals surface area contributed by atoms with Gasteiger partial charge < -0.3 is 10.6 Å². The lowest BCUT2D eigenvalue weighted by atomic mass is 10.2. The molecule has 27 heavy (non-hydrogen) atoms. The van der Waals surface area contributed by atoms with Crippen LogP contribution < -0.4 is 10.6 Å². The van der Waals surface area contributed by atoms with Gasteiger partial charge in [0.05, 0.1) is 4.90 Å². The molecule has 138 valence electrons. The minimum atomic E-state index is -3.42. The Bertz CT molecular complexity index is 1020. The smallest absolute Gasteiger partial charge is 0.255 e. The van der Waals surface area contributed by atoms with E-state index in [1.165, 1.54) is 0 Å². The maximum absolute atomic E-state index is 12.3. The SMILES string of the molecule is O=C(Nc1ccc(Br)cc1)c1ccc(NCS(=O)(=O)c2ccccc2)cc1. The Morgan fingerprint density at radius 2 is 1.41 bits per heavy atom. The first-order valence-corrected chi connectivity index (χ1v) is 10.6. The molecule has 0 heterocycles. The molecule has 0 fully saturated rings. The predicted octanol–water partition coefficient (Wildman–Crippen LogP) is 4.54. The van der Waals surface area contributed by atoms with E-state index in [4.69, 9.17) is 0 Å². The van der Waals surface area contributed by atoms with E-state index in [2.05, 4.69) is 26.6 Å². The molecule has 0 saturated heterocycles. The van der Waals surface area contributed by atoms with Gasteiger partial charge in [-0.3, -0.25) is 4.79 Å². The topological polar surface area (TPSA) is 75.3 Å². The molecule has 0 unspecified atom stereocenters. The number of carbonyl (C=O) groups excluding carboxylic acids is 1. The van der Waals surface area contributed by atoms with Gasteiger partial charge in [0.2, 0.25) is 0 Å². The lowest BCUT2D eigenvalue weighted by molar-refractivity contribution is 0.102. The van der Waals surface area contributed by atoms with Gasteiger partial charge >= 0.3 is 0 Å². The predicted molar refractivity (Wildman–Crippen MR) is 111 cm³/mol. The number of anilines is 2. The lowest BCUT2D eigenvalue weighted by Gasteiger charge is -2.09. The van der Waals surface area contributed by atoms with Crippen molar-refractivity contribution in [3.05, 3.63) is 88.9 Å². The normalized spacial score (nSPS) is 11.0. The van der Waals surface area contributed by atoms with E-state index < -0.39 is 9.84 Å². The van der Waals surface area contributed by atoms with Crippen LogP contribution in [0.2, 0.25) is 0 Å². The molecule has 0 bridgehead atoms. The third-order valence-corrected chi connectivity index (χ3v) is 5.86. The van der Waals surface area contributed by atoms with Crippen molar-refractivity contribution in [2.45, 2.75) is 4.90 Å². The molecule has 0 spiro atoms. The number of hydrogen-bond acceptors (Lipinski definition) is 4. The molecule has 3 aromatic rings. The number of rotatable bonds is 6. The standard InChI is InChI=1S/C20H17BrN2O3S/c21-16-8-12-18(13-9-16)23-20(24)15-6-10-17(11-7-15)22-14-27(25,26)19-4-2-1-3-5-19/h1-13,22H,14H2,(H,23,24).